The van der Waals surface area contributed by atoms with Crippen molar-refractivity contribution in [1.82, 2.24) is 0 Å². The van der Waals surface area contributed by atoms with Gasteiger partial charge in [-0.05, 0) is 23.6 Å². The Morgan fingerprint density at radius 1 is 0.947 bits per heavy atom. The molecule has 0 amide bonds. The first-order valence-corrected chi connectivity index (χ1v) is 6.13. The Kier molecular flexibility index (Phi) is 4.14. The van der Waals surface area contributed by atoms with Gasteiger partial charge in [-0.2, -0.15) is 0 Å². The molecule has 0 saturated heterocycles. The van der Waals surface area contributed by atoms with Crippen molar-refractivity contribution in [3.05, 3.63) is 77.4 Å². The molecular formula is C17H16O2. The average molecular weight is 252 g/mol. The third kappa shape index (κ3) is 3.32. The van der Waals surface area contributed by atoms with Crippen molar-refractivity contribution in [1.29, 1.82) is 0 Å². The molecule has 2 heteroatoms. The normalized spacial score (nSPS) is 11.2. The molecule has 0 aromatic heterocycles. The molecule has 0 saturated carbocycles. The van der Waals surface area contributed by atoms with Gasteiger partial charge in [-0.15, -0.1) is 0 Å². The van der Waals surface area contributed by atoms with E-state index in [9.17, 15) is 4.79 Å². The van der Waals surface area contributed by atoms with E-state index in [0.29, 0.717) is 0 Å². The summed E-state index contributed by atoms with van der Waals surface area (Å²) in [5.41, 5.74) is 4.06. The number of ether oxygens (including phenoxy) is 1. The number of carbonyl (C=O) groups is 1. The fourth-order valence-corrected chi connectivity index (χ4v) is 1.86. The average Bonchev–Trinajstić information content (AvgIpc) is 2.46. The summed E-state index contributed by atoms with van der Waals surface area (Å²) < 4.78 is 4.73. The van der Waals surface area contributed by atoms with Crippen molar-refractivity contribution >= 4 is 11.5 Å². The molecule has 96 valence electrons. The fourth-order valence-electron chi connectivity index (χ4n) is 1.86. The van der Waals surface area contributed by atoms with E-state index < -0.39 is 0 Å². The quantitative estimate of drug-likeness (QED) is 0.616. The van der Waals surface area contributed by atoms with Crippen LogP contribution in [0.5, 0.6) is 0 Å². The predicted octanol–water partition coefficient (Wildman–Crippen LogP) is 3.60. The van der Waals surface area contributed by atoms with Crippen LogP contribution in [0.3, 0.4) is 0 Å². The number of rotatable bonds is 3. The standard InChI is InChI=1S/C17H16O2/c1-13-8-10-15(11-9-13)16(12-17(18)19-2)14-6-4-3-5-7-14/h3-12H,1-2H3/b16-12+. The molecule has 0 aliphatic carbocycles. The molecule has 0 heterocycles. The van der Waals surface area contributed by atoms with Crippen LogP contribution in [0.4, 0.5) is 0 Å². The lowest BCUT2D eigenvalue weighted by atomic mass is 9.97. The largest absolute Gasteiger partial charge is 0.466 e. The first-order valence-electron chi connectivity index (χ1n) is 6.13. The predicted molar refractivity (Wildman–Crippen MR) is 76.7 cm³/mol. The third-order valence-corrected chi connectivity index (χ3v) is 2.91. The number of methoxy groups -OCH3 is 1. The van der Waals surface area contributed by atoms with Crippen molar-refractivity contribution in [2.45, 2.75) is 6.92 Å². The highest BCUT2D eigenvalue weighted by atomic mass is 16.5. The number of hydrogen-bond acceptors (Lipinski definition) is 2. The summed E-state index contributed by atoms with van der Waals surface area (Å²) in [5, 5.41) is 0. The maximum atomic E-state index is 11.5. The molecular weight excluding hydrogens is 236 g/mol. The molecule has 0 unspecified atom stereocenters. The van der Waals surface area contributed by atoms with Crippen molar-refractivity contribution in [3.8, 4) is 0 Å². The summed E-state index contributed by atoms with van der Waals surface area (Å²) in [6.45, 7) is 2.04. The van der Waals surface area contributed by atoms with Gasteiger partial charge in [0.15, 0.2) is 0 Å². The van der Waals surface area contributed by atoms with E-state index >= 15 is 0 Å². The van der Waals surface area contributed by atoms with E-state index in [-0.39, 0.29) is 5.97 Å². The van der Waals surface area contributed by atoms with Crippen LogP contribution in [-0.4, -0.2) is 13.1 Å². The van der Waals surface area contributed by atoms with E-state index in [1.54, 1.807) is 0 Å². The molecule has 0 aliphatic rings. The number of benzene rings is 2. The fraction of sp³-hybridized carbons (Fsp3) is 0.118. The molecule has 2 rings (SSSR count). The molecule has 2 aromatic rings. The number of hydrogen-bond donors (Lipinski definition) is 0. The van der Waals surface area contributed by atoms with Gasteiger partial charge in [-0.25, -0.2) is 4.79 Å². The molecule has 0 spiro atoms. The lowest BCUT2D eigenvalue weighted by Crippen LogP contribution is -1.98. The molecule has 2 nitrogen and oxygen atoms in total. The molecule has 0 bridgehead atoms. The summed E-state index contributed by atoms with van der Waals surface area (Å²) in [4.78, 5) is 11.5. The van der Waals surface area contributed by atoms with Crippen LogP contribution in [0.25, 0.3) is 5.57 Å². The minimum Gasteiger partial charge on any atom is -0.466 e. The van der Waals surface area contributed by atoms with Crippen molar-refractivity contribution in [2.24, 2.45) is 0 Å². The maximum Gasteiger partial charge on any atom is 0.331 e. The van der Waals surface area contributed by atoms with Crippen LogP contribution in [0.1, 0.15) is 16.7 Å². The van der Waals surface area contributed by atoms with Gasteiger partial charge in [0.2, 0.25) is 0 Å². The van der Waals surface area contributed by atoms with Crippen LogP contribution in [-0.2, 0) is 9.53 Å². The zero-order valence-corrected chi connectivity index (χ0v) is 11.1. The molecule has 0 fully saturated rings. The highest BCUT2D eigenvalue weighted by Crippen LogP contribution is 2.23. The van der Waals surface area contributed by atoms with Gasteiger partial charge in [-0.1, -0.05) is 60.2 Å². The zero-order valence-electron chi connectivity index (χ0n) is 11.1. The van der Waals surface area contributed by atoms with Crippen molar-refractivity contribution in [2.75, 3.05) is 7.11 Å². The lowest BCUT2D eigenvalue weighted by molar-refractivity contribution is -0.134. The van der Waals surface area contributed by atoms with Crippen LogP contribution in [0.2, 0.25) is 0 Å². The third-order valence-electron chi connectivity index (χ3n) is 2.91. The second-order valence-electron chi connectivity index (χ2n) is 4.31. The SMILES string of the molecule is COC(=O)/C=C(\c1ccccc1)c1ccc(C)cc1. The number of carbonyl (C=O) groups excluding carboxylic acids is 1. The van der Waals surface area contributed by atoms with E-state index in [2.05, 4.69) is 0 Å². The smallest absolute Gasteiger partial charge is 0.331 e. The molecule has 2 aromatic carbocycles. The Bertz CT molecular complexity index is 580. The zero-order chi connectivity index (χ0) is 13.7. The van der Waals surface area contributed by atoms with E-state index in [0.717, 1.165) is 16.7 Å². The minimum atomic E-state index is -0.348. The molecule has 0 aliphatic heterocycles. The summed E-state index contributed by atoms with van der Waals surface area (Å²) in [5.74, 6) is -0.348. The Labute approximate surface area is 113 Å². The van der Waals surface area contributed by atoms with Gasteiger partial charge in [0, 0.05) is 6.08 Å². The highest BCUT2D eigenvalue weighted by molar-refractivity contribution is 5.96. The molecule has 0 radical (unpaired) electrons. The van der Waals surface area contributed by atoms with Crippen LogP contribution in [0.15, 0.2) is 60.7 Å². The summed E-state index contributed by atoms with van der Waals surface area (Å²) in [7, 11) is 1.39. The topological polar surface area (TPSA) is 26.3 Å². The Morgan fingerprint density at radius 3 is 2.11 bits per heavy atom. The van der Waals surface area contributed by atoms with Crippen molar-refractivity contribution in [3.63, 3.8) is 0 Å². The van der Waals surface area contributed by atoms with Crippen LogP contribution >= 0.6 is 0 Å². The van der Waals surface area contributed by atoms with E-state index in [4.69, 9.17) is 4.74 Å². The minimum absolute atomic E-state index is 0.348. The Morgan fingerprint density at radius 2 is 1.53 bits per heavy atom. The Balaban J connectivity index is 2.49. The van der Waals surface area contributed by atoms with Crippen molar-refractivity contribution < 1.29 is 9.53 Å². The molecule has 19 heavy (non-hydrogen) atoms. The second-order valence-corrected chi connectivity index (χ2v) is 4.31. The number of esters is 1. The number of aryl methyl sites for hydroxylation is 1. The van der Waals surface area contributed by atoms with E-state index in [1.807, 2.05) is 61.5 Å². The first-order chi connectivity index (χ1) is 9.20. The lowest BCUT2D eigenvalue weighted by Gasteiger charge is -2.08. The second kappa shape index (κ2) is 6.01. The maximum absolute atomic E-state index is 11.5. The Hall–Kier alpha value is -2.35. The summed E-state index contributed by atoms with van der Waals surface area (Å²) in [6.07, 6.45) is 1.53. The summed E-state index contributed by atoms with van der Waals surface area (Å²) >= 11 is 0. The molecule has 0 N–H and O–H groups in total. The van der Waals surface area contributed by atoms with Crippen LogP contribution in [0, 0.1) is 6.92 Å². The van der Waals surface area contributed by atoms with Crippen LogP contribution < -0.4 is 0 Å². The first kappa shape index (κ1) is 13.1. The monoisotopic (exact) mass is 252 g/mol. The molecule has 0 atom stereocenters. The highest BCUT2D eigenvalue weighted by Gasteiger charge is 2.07. The van der Waals surface area contributed by atoms with Gasteiger partial charge in [0.1, 0.15) is 0 Å². The van der Waals surface area contributed by atoms with Gasteiger partial charge >= 0.3 is 5.97 Å². The van der Waals surface area contributed by atoms with Gasteiger partial charge in [0.25, 0.3) is 0 Å². The van der Waals surface area contributed by atoms with Gasteiger partial charge < -0.3 is 4.74 Å². The van der Waals surface area contributed by atoms with Gasteiger partial charge in [-0.3, -0.25) is 0 Å². The van der Waals surface area contributed by atoms with Gasteiger partial charge in [0.05, 0.1) is 7.11 Å². The van der Waals surface area contributed by atoms with E-state index in [1.165, 1.54) is 18.7 Å². The summed E-state index contributed by atoms with van der Waals surface area (Å²) in [6, 6.07) is 17.9.